The molecule has 6 nitrogen and oxygen atoms in total. The molecule has 0 unspecified atom stereocenters. The van der Waals surface area contributed by atoms with E-state index in [1.807, 2.05) is 0 Å². The Hall–Kier alpha value is -1.85. The summed E-state index contributed by atoms with van der Waals surface area (Å²) >= 11 is 0. The maximum atomic E-state index is 12.7. The van der Waals surface area contributed by atoms with Gasteiger partial charge < -0.3 is 4.74 Å². The van der Waals surface area contributed by atoms with Crippen LogP contribution in [0.2, 0.25) is 0 Å². The second-order valence-corrected chi connectivity index (χ2v) is 3.53. The number of aryl methyl sites for hydroxylation is 1. The van der Waals surface area contributed by atoms with E-state index in [9.17, 15) is 9.60 Å². The van der Waals surface area contributed by atoms with Crippen molar-refractivity contribution < 1.29 is 19.1 Å². The molecule has 0 bridgehead atoms. The summed E-state index contributed by atoms with van der Waals surface area (Å²) in [5.41, 5.74) is 9.51. The van der Waals surface area contributed by atoms with Crippen molar-refractivity contribution in [3.63, 3.8) is 0 Å². The quantitative estimate of drug-likeness (QED) is 0.280. The van der Waals surface area contributed by atoms with Gasteiger partial charge in [-0.15, -0.1) is 0 Å². The largest absolute Gasteiger partial charge is 0.376 e. The Bertz CT molecular complexity index is 434. The van der Waals surface area contributed by atoms with Gasteiger partial charge in [0.05, 0.1) is 17.7 Å². The van der Waals surface area contributed by atoms with Crippen molar-refractivity contribution >= 4 is 0 Å². The number of alkyl halides is 1. The Morgan fingerprint density at radius 3 is 2.82 bits per heavy atom. The zero-order chi connectivity index (χ0) is 12.8. The molecular formula is C10H14FN4O2+. The smallest absolute Gasteiger partial charge is 0.231 e. The summed E-state index contributed by atoms with van der Waals surface area (Å²) < 4.78 is 18.7. The molecule has 1 heterocycles. The molecule has 0 saturated carbocycles. The van der Waals surface area contributed by atoms with E-state index >= 15 is 0 Å². The van der Waals surface area contributed by atoms with Crippen LogP contribution in [-0.2, 0) is 4.74 Å². The Labute approximate surface area is 97.8 Å². The zero-order valence-electron chi connectivity index (χ0n) is 9.62. The number of nitrogens with zero attached hydrogens (tertiary/aromatic N) is 4. The number of hydrogen-bond acceptors (Lipinski definition) is 3. The van der Waals surface area contributed by atoms with Gasteiger partial charge in [-0.05, 0) is 11.6 Å². The van der Waals surface area contributed by atoms with Gasteiger partial charge in [0.1, 0.15) is 6.67 Å². The van der Waals surface area contributed by atoms with Crippen LogP contribution in [-0.4, -0.2) is 25.0 Å². The summed E-state index contributed by atoms with van der Waals surface area (Å²) in [6.07, 6.45) is 0.675. The minimum Gasteiger partial charge on any atom is -0.376 e. The normalized spacial score (nSPS) is 13.8. The fraction of sp³-hybridized carbons (Fsp3) is 0.500. The molecule has 1 rings (SSSR count). The SMILES string of the molecule is CO[C@H](c1ccc(C)[n+](O)c1)[C@@H](CF)N=[N+]=[N-]. The van der Waals surface area contributed by atoms with E-state index < -0.39 is 18.8 Å². The van der Waals surface area contributed by atoms with E-state index in [4.69, 9.17) is 10.3 Å². The highest BCUT2D eigenvalue weighted by atomic mass is 19.1. The third-order valence-electron chi connectivity index (χ3n) is 2.44. The van der Waals surface area contributed by atoms with Crippen LogP contribution in [0.25, 0.3) is 10.4 Å². The molecular weight excluding hydrogens is 227 g/mol. The van der Waals surface area contributed by atoms with E-state index in [1.54, 1.807) is 19.1 Å². The molecule has 17 heavy (non-hydrogen) atoms. The monoisotopic (exact) mass is 241 g/mol. The molecule has 1 N–H and O–H groups in total. The summed E-state index contributed by atoms with van der Waals surface area (Å²) in [5, 5.41) is 12.8. The molecule has 0 radical (unpaired) electrons. The topological polar surface area (TPSA) is 82.1 Å². The van der Waals surface area contributed by atoms with E-state index in [0.717, 1.165) is 4.73 Å². The maximum absolute atomic E-state index is 12.7. The standard InChI is InChI=1S/C10H14FN4O2/c1-7-3-4-8(6-15(7)16)10(17-2)9(5-11)13-14-12/h3-4,6,9-10,16H,5H2,1-2H3/q+1/t9-,10-/m1/s1. The van der Waals surface area contributed by atoms with Crippen LogP contribution in [0.1, 0.15) is 17.4 Å². The van der Waals surface area contributed by atoms with Gasteiger partial charge in [-0.2, -0.15) is 0 Å². The average Bonchev–Trinajstić information content (AvgIpc) is 2.33. The van der Waals surface area contributed by atoms with E-state index in [-0.39, 0.29) is 0 Å². The van der Waals surface area contributed by atoms with Crippen LogP contribution < -0.4 is 4.73 Å². The Kier molecular flexibility index (Phi) is 4.68. The van der Waals surface area contributed by atoms with Crippen LogP contribution in [0.4, 0.5) is 4.39 Å². The molecule has 0 aliphatic carbocycles. The van der Waals surface area contributed by atoms with Crippen molar-refractivity contribution in [3.8, 4) is 0 Å². The molecule has 0 saturated heterocycles. The van der Waals surface area contributed by atoms with Gasteiger partial charge in [-0.1, -0.05) is 5.11 Å². The number of aromatic nitrogens is 1. The van der Waals surface area contributed by atoms with Gasteiger partial charge in [0.25, 0.3) is 0 Å². The number of azide groups is 1. The van der Waals surface area contributed by atoms with Gasteiger partial charge in [0.2, 0.25) is 11.9 Å². The molecule has 0 amide bonds. The lowest BCUT2D eigenvalue weighted by Crippen LogP contribution is -2.35. The molecule has 0 fully saturated rings. The Balaban J connectivity index is 3.07. The summed E-state index contributed by atoms with van der Waals surface area (Å²) in [6, 6.07) is 2.39. The first kappa shape index (κ1) is 13.2. The summed E-state index contributed by atoms with van der Waals surface area (Å²) in [4.78, 5) is 2.58. The van der Waals surface area contributed by atoms with Gasteiger partial charge in [-0.25, -0.2) is 0 Å². The highest BCUT2D eigenvalue weighted by molar-refractivity contribution is 5.14. The predicted molar refractivity (Wildman–Crippen MR) is 57.2 cm³/mol. The van der Waals surface area contributed by atoms with Crippen molar-refractivity contribution in [2.24, 2.45) is 5.11 Å². The molecule has 0 aliphatic rings. The third kappa shape index (κ3) is 3.05. The first-order valence-electron chi connectivity index (χ1n) is 4.98. The number of rotatable bonds is 5. The maximum Gasteiger partial charge on any atom is 0.231 e. The lowest BCUT2D eigenvalue weighted by molar-refractivity contribution is -0.909. The van der Waals surface area contributed by atoms with Crippen LogP contribution in [0.5, 0.6) is 0 Å². The molecule has 1 aromatic rings. The first-order chi connectivity index (χ1) is 8.13. The lowest BCUT2D eigenvalue weighted by Gasteiger charge is -2.18. The lowest BCUT2D eigenvalue weighted by atomic mass is 10.1. The van der Waals surface area contributed by atoms with Crippen molar-refractivity contribution in [1.82, 2.24) is 0 Å². The van der Waals surface area contributed by atoms with Crippen LogP contribution in [0, 0.1) is 6.92 Å². The van der Waals surface area contributed by atoms with Crippen molar-refractivity contribution in [1.29, 1.82) is 0 Å². The second-order valence-electron chi connectivity index (χ2n) is 3.53. The number of halogens is 1. The number of methoxy groups -OCH3 is 1. The average molecular weight is 241 g/mol. The predicted octanol–water partition coefficient (Wildman–Crippen LogP) is 1.86. The minimum absolute atomic E-state index is 0.538. The fourth-order valence-corrected chi connectivity index (χ4v) is 1.50. The minimum atomic E-state index is -0.951. The van der Waals surface area contributed by atoms with Gasteiger partial charge in [-0.3, -0.25) is 9.60 Å². The van der Waals surface area contributed by atoms with Crippen molar-refractivity contribution in [3.05, 3.63) is 40.0 Å². The highest BCUT2D eigenvalue weighted by Gasteiger charge is 2.25. The molecule has 0 aliphatic heterocycles. The number of ether oxygens (including phenoxy) is 1. The molecule has 1 aromatic heterocycles. The van der Waals surface area contributed by atoms with E-state index in [2.05, 4.69) is 10.0 Å². The van der Waals surface area contributed by atoms with Crippen molar-refractivity contribution in [2.75, 3.05) is 13.8 Å². The molecule has 2 atom stereocenters. The van der Waals surface area contributed by atoms with Crippen LogP contribution in [0.3, 0.4) is 0 Å². The van der Waals surface area contributed by atoms with Gasteiger partial charge in [0.15, 0.2) is 0 Å². The Morgan fingerprint density at radius 1 is 1.65 bits per heavy atom. The van der Waals surface area contributed by atoms with E-state index in [1.165, 1.54) is 13.3 Å². The highest BCUT2D eigenvalue weighted by Crippen LogP contribution is 2.22. The summed E-state index contributed by atoms with van der Waals surface area (Å²) in [5.74, 6) is 0. The van der Waals surface area contributed by atoms with Crippen molar-refractivity contribution in [2.45, 2.75) is 19.1 Å². The van der Waals surface area contributed by atoms with Gasteiger partial charge in [0, 0.05) is 29.7 Å². The second kappa shape index (κ2) is 6.03. The molecule has 0 spiro atoms. The summed E-state index contributed by atoms with van der Waals surface area (Å²) in [6.45, 7) is 0.882. The Morgan fingerprint density at radius 2 is 2.35 bits per heavy atom. The number of pyridine rings is 1. The third-order valence-corrected chi connectivity index (χ3v) is 2.44. The first-order valence-corrected chi connectivity index (χ1v) is 4.98. The molecule has 92 valence electrons. The van der Waals surface area contributed by atoms with Crippen LogP contribution in [0.15, 0.2) is 23.4 Å². The van der Waals surface area contributed by atoms with Crippen LogP contribution >= 0.6 is 0 Å². The number of hydrogen-bond donors (Lipinski definition) is 1. The van der Waals surface area contributed by atoms with E-state index in [0.29, 0.717) is 11.3 Å². The molecule has 0 aromatic carbocycles. The fourth-order valence-electron chi connectivity index (χ4n) is 1.50. The molecule has 7 heteroatoms. The van der Waals surface area contributed by atoms with Gasteiger partial charge >= 0.3 is 0 Å². The summed E-state index contributed by atoms with van der Waals surface area (Å²) in [7, 11) is 1.39. The zero-order valence-corrected chi connectivity index (χ0v) is 9.62.